The molecule has 0 aliphatic rings. The molecular formula is C11H19N3O3S. The van der Waals surface area contributed by atoms with Gasteiger partial charge in [0, 0.05) is 33.0 Å². The maximum Gasteiger partial charge on any atom is 0.240 e. The third-order valence-corrected chi connectivity index (χ3v) is 3.57. The standard InChI is InChI=1S/C11H19N3O3S/c1-14(6-3-7-17-2)9-4-5-11(10(12)8-9)18(13,15)16/h4-5,8H,3,6-7,12H2,1-2H3,(H2,13,15,16). The Kier molecular flexibility index (Phi) is 4.94. The zero-order chi connectivity index (χ0) is 13.8. The van der Waals surface area contributed by atoms with Gasteiger partial charge in [-0.1, -0.05) is 0 Å². The van der Waals surface area contributed by atoms with Crippen molar-refractivity contribution in [3.05, 3.63) is 18.2 Å². The molecule has 0 aromatic heterocycles. The SMILES string of the molecule is COCCCN(C)c1ccc(S(N)(=O)=O)c(N)c1. The molecule has 7 heteroatoms. The fourth-order valence-electron chi connectivity index (χ4n) is 1.61. The van der Waals surface area contributed by atoms with Crippen molar-refractivity contribution in [2.24, 2.45) is 5.14 Å². The average molecular weight is 273 g/mol. The van der Waals surface area contributed by atoms with Crippen molar-refractivity contribution in [1.29, 1.82) is 0 Å². The first-order chi connectivity index (χ1) is 8.36. The second-order valence-electron chi connectivity index (χ2n) is 4.04. The molecule has 0 fully saturated rings. The lowest BCUT2D eigenvalue weighted by Crippen LogP contribution is -2.20. The van der Waals surface area contributed by atoms with Crippen LogP contribution in [-0.2, 0) is 14.8 Å². The second kappa shape index (κ2) is 6.03. The van der Waals surface area contributed by atoms with E-state index in [1.54, 1.807) is 19.2 Å². The van der Waals surface area contributed by atoms with Gasteiger partial charge >= 0.3 is 0 Å². The van der Waals surface area contributed by atoms with Crippen molar-refractivity contribution in [3.63, 3.8) is 0 Å². The molecule has 1 aromatic carbocycles. The maximum absolute atomic E-state index is 11.2. The summed E-state index contributed by atoms with van der Waals surface area (Å²) in [5.41, 5.74) is 6.69. The van der Waals surface area contributed by atoms with Gasteiger partial charge in [-0.3, -0.25) is 0 Å². The number of sulfonamides is 1. The second-order valence-corrected chi connectivity index (χ2v) is 5.56. The highest BCUT2D eigenvalue weighted by Crippen LogP contribution is 2.23. The van der Waals surface area contributed by atoms with Crippen LogP contribution in [0.5, 0.6) is 0 Å². The van der Waals surface area contributed by atoms with E-state index in [4.69, 9.17) is 15.6 Å². The number of anilines is 2. The zero-order valence-electron chi connectivity index (χ0n) is 10.6. The van der Waals surface area contributed by atoms with E-state index in [2.05, 4.69) is 0 Å². The fraction of sp³-hybridized carbons (Fsp3) is 0.455. The monoisotopic (exact) mass is 273 g/mol. The van der Waals surface area contributed by atoms with E-state index in [-0.39, 0.29) is 10.6 Å². The number of nitrogen functional groups attached to an aromatic ring is 1. The quantitative estimate of drug-likeness (QED) is 0.577. The summed E-state index contributed by atoms with van der Waals surface area (Å²) in [7, 11) is -0.205. The van der Waals surface area contributed by atoms with Gasteiger partial charge in [0.2, 0.25) is 10.0 Å². The van der Waals surface area contributed by atoms with Gasteiger partial charge in [0.1, 0.15) is 4.90 Å². The number of nitrogens with zero attached hydrogens (tertiary/aromatic N) is 1. The Labute approximate surface area is 108 Å². The molecule has 0 unspecified atom stereocenters. The van der Waals surface area contributed by atoms with Crippen LogP contribution in [0.1, 0.15) is 6.42 Å². The van der Waals surface area contributed by atoms with Crippen LogP contribution in [0.4, 0.5) is 11.4 Å². The Morgan fingerprint density at radius 1 is 1.39 bits per heavy atom. The number of benzene rings is 1. The summed E-state index contributed by atoms with van der Waals surface area (Å²) < 4.78 is 27.4. The molecule has 0 radical (unpaired) electrons. The normalized spacial score (nSPS) is 11.5. The van der Waals surface area contributed by atoms with Gasteiger partial charge in [-0.15, -0.1) is 0 Å². The van der Waals surface area contributed by atoms with Gasteiger partial charge in [0.15, 0.2) is 0 Å². The lowest BCUT2D eigenvalue weighted by molar-refractivity contribution is 0.196. The molecule has 0 amide bonds. The minimum Gasteiger partial charge on any atom is -0.398 e. The average Bonchev–Trinajstić information content (AvgIpc) is 2.27. The smallest absolute Gasteiger partial charge is 0.240 e. The van der Waals surface area contributed by atoms with Crippen LogP contribution in [0.15, 0.2) is 23.1 Å². The van der Waals surface area contributed by atoms with Gasteiger partial charge in [0.25, 0.3) is 0 Å². The van der Waals surface area contributed by atoms with E-state index >= 15 is 0 Å². The number of hydrogen-bond donors (Lipinski definition) is 2. The van der Waals surface area contributed by atoms with Crippen LogP contribution in [0.25, 0.3) is 0 Å². The third kappa shape index (κ3) is 3.86. The van der Waals surface area contributed by atoms with E-state index in [1.165, 1.54) is 6.07 Å². The molecule has 0 bridgehead atoms. The summed E-state index contributed by atoms with van der Waals surface area (Å²) in [6.45, 7) is 1.47. The summed E-state index contributed by atoms with van der Waals surface area (Å²) in [6, 6.07) is 4.71. The van der Waals surface area contributed by atoms with Gasteiger partial charge in [-0.2, -0.15) is 0 Å². The van der Waals surface area contributed by atoms with Crippen LogP contribution >= 0.6 is 0 Å². The van der Waals surface area contributed by atoms with E-state index < -0.39 is 10.0 Å². The molecule has 1 aromatic rings. The molecule has 0 aliphatic carbocycles. The number of ether oxygens (including phenoxy) is 1. The van der Waals surface area contributed by atoms with Crippen LogP contribution in [0.3, 0.4) is 0 Å². The first kappa shape index (κ1) is 14.7. The number of methoxy groups -OCH3 is 1. The van der Waals surface area contributed by atoms with E-state index in [0.717, 1.165) is 18.7 Å². The topological polar surface area (TPSA) is 98.6 Å². The Morgan fingerprint density at radius 2 is 2.06 bits per heavy atom. The summed E-state index contributed by atoms with van der Waals surface area (Å²) in [5.74, 6) is 0. The molecular weight excluding hydrogens is 254 g/mol. The first-order valence-corrected chi connectivity index (χ1v) is 7.03. The lowest BCUT2D eigenvalue weighted by atomic mass is 10.2. The van der Waals surface area contributed by atoms with Gasteiger partial charge in [-0.25, -0.2) is 13.6 Å². The largest absolute Gasteiger partial charge is 0.398 e. The number of rotatable bonds is 6. The molecule has 0 aliphatic heterocycles. The van der Waals surface area contributed by atoms with Gasteiger partial charge < -0.3 is 15.4 Å². The number of hydrogen-bond acceptors (Lipinski definition) is 5. The lowest BCUT2D eigenvalue weighted by Gasteiger charge is -2.20. The molecule has 4 N–H and O–H groups in total. The van der Waals surface area contributed by atoms with Crippen molar-refractivity contribution in [2.45, 2.75) is 11.3 Å². The summed E-state index contributed by atoms with van der Waals surface area (Å²) in [6.07, 6.45) is 0.879. The molecule has 6 nitrogen and oxygen atoms in total. The highest BCUT2D eigenvalue weighted by molar-refractivity contribution is 7.89. The van der Waals surface area contributed by atoms with Crippen LogP contribution < -0.4 is 15.8 Å². The Bertz CT molecular complexity index is 502. The zero-order valence-corrected chi connectivity index (χ0v) is 11.4. The number of primary sulfonamides is 1. The fourth-order valence-corrected chi connectivity index (χ4v) is 2.25. The highest BCUT2D eigenvalue weighted by Gasteiger charge is 2.13. The van der Waals surface area contributed by atoms with Crippen molar-refractivity contribution < 1.29 is 13.2 Å². The van der Waals surface area contributed by atoms with E-state index in [1.807, 2.05) is 11.9 Å². The highest BCUT2D eigenvalue weighted by atomic mass is 32.2. The molecule has 102 valence electrons. The third-order valence-electron chi connectivity index (χ3n) is 2.58. The van der Waals surface area contributed by atoms with Crippen molar-refractivity contribution in [1.82, 2.24) is 0 Å². The summed E-state index contributed by atoms with van der Waals surface area (Å²) >= 11 is 0. The molecule has 0 saturated carbocycles. The predicted octanol–water partition coefficient (Wildman–Crippen LogP) is 0.389. The number of nitrogens with two attached hydrogens (primary N) is 2. The molecule has 0 spiro atoms. The van der Waals surface area contributed by atoms with Gasteiger partial charge in [-0.05, 0) is 24.6 Å². The Balaban J connectivity index is 2.84. The minimum absolute atomic E-state index is 0.0449. The molecule has 1 rings (SSSR count). The summed E-state index contributed by atoms with van der Waals surface area (Å²) in [5, 5.41) is 5.04. The van der Waals surface area contributed by atoms with E-state index in [9.17, 15) is 8.42 Å². The molecule has 18 heavy (non-hydrogen) atoms. The summed E-state index contributed by atoms with van der Waals surface area (Å²) in [4.78, 5) is 1.93. The maximum atomic E-state index is 11.2. The first-order valence-electron chi connectivity index (χ1n) is 5.48. The molecule has 0 atom stereocenters. The molecule has 0 heterocycles. The van der Waals surface area contributed by atoms with Gasteiger partial charge in [0.05, 0.1) is 5.69 Å². The van der Waals surface area contributed by atoms with Crippen LogP contribution in [0, 0.1) is 0 Å². The minimum atomic E-state index is -3.76. The van der Waals surface area contributed by atoms with Crippen LogP contribution in [0.2, 0.25) is 0 Å². The van der Waals surface area contributed by atoms with Crippen LogP contribution in [-0.4, -0.2) is 35.7 Å². The predicted molar refractivity (Wildman–Crippen MR) is 72.0 cm³/mol. The molecule has 0 saturated heterocycles. The van der Waals surface area contributed by atoms with Crippen molar-refractivity contribution >= 4 is 21.4 Å². The Hall–Kier alpha value is -1.31. The van der Waals surface area contributed by atoms with Crippen molar-refractivity contribution in [3.8, 4) is 0 Å². The van der Waals surface area contributed by atoms with Crippen molar-refractivity contribution in [2.75, 3.05) is 37.9 Å². The van der Waals surface area contributed by atoms with E-state index in [0.29, 0.717) is 6.61 Å². The Morgan fingerprint density at radius 3 is 2.56 bits per heavy atom.